The Kier molecular flexibility index (Phi) is 4.19. The van der Waals surface area contributed by atoms with Crippen molar-refractivity contribution in [2.75, 3.05) is 26.8 Å². The molecule has 1 atom stereocenters. The normalized spacial score (nSPS) is 19.3. The molecule has 0 aliphatic carbocycles. The van der Waals surface area contributed by atoms with Crippen LogP contribution in [0.25, 0.3) is 0 Å². The average Bonchev–Trinajstić information content (AvgIpc) is 2.94. The summed E-state index contributed by atoms with van der Waals surface area (Å²) >= 11 is 0. The largest absolute Gasteiger partial charge is 0.383 e. The van der Waals surface area contributed by atoms with E-state index in [1.807, 2.05) is 10.9 Å². The number of rotatable bonds is 6. The lowest BCUT2D eigenvalue weighted by atomic mass is 10.1. The highest BCUT2D eigenvalue weighted by Gasteiger charge is 2.27. The van der Waals surface area contributed by atoms with Crippen molar-refractivity contribution in [1.82, 2.24) is 14.7 Å². The fourth-order valence-electron chi connectivity index (χ4n) is 2.18. The van der Waals surface area contributed by atoms with Crippen molar-refractivity contribution in [2.45, 2.75) is 25.9 Å². The molecule has 1 aliphatic heterocycles. The quantitative estimate of drug-likeness (QED) is 0.804. The lowest BCUT2D eigenvalue weighted by Gasteiger charge is -2.24. The average molecular weight is 251 g/mol. The van der Waals surface area contributed by atoms with Gasteiger partial charge >= 0.3 is 0 Å². The first kappa shape index (κ1) is 12.9. The third-order valence-corrected chi connectivity index (χ3v) is 3.12. The molecule has 18 heavy (non-hydrogen) atoms. The number of hydrogen-bond donors (Lipinski definition) is 1. The number of aliphatic imine (C=N–C) groups is 1. The Morgan fingerprint density at radius 3 is 3.06 bits per heavy atom. The van der Waals surface area contributed by atoms with Crippen molar-refractivity contribution >= 4 is 5.96 Å². The second kappa shape index (κ2) is 5.86. The molecule has 100 valence electrons. The van der Waals surface area contributed by atoms with Gasteiger partial charge < -0.3 is 15.4 Å². The van der Waals surface area contributed by atoms with Gasteiger partial charge in [0.2, 0.25) is 0 Å². The summed E-state index contributed by atoms with van der Waals surface area (Å²) in [5.41, 5.74) is 7.08. The highest BCUT2D eigenvalue weighted by molar-refractivity contribution is 5.80. The summed E-state index contributed by atoms with van der Waals surface area (Å²) in [5, 5.41) is 4.36. The van der Waals surface area contributed by atoms with E-state index in [1.165, 1.54) is 5.56 Å². The van der Waals surface area contributed by atoms with Crippen LogP contribution >= 0.6 is 0 Å². The molecule has 1 unspecified atom stereocenters. The van der Waals surface area contributed by atoms with Crippen LogP contribution in [0.3, 0.4) is 0 Å². The van der Waals surface area contributed by atoms with Crippen molar-refractivity contribution in [3.63, 3.8) is 0 Å². The Hall–Kier alpha value is -1.56. The highest BCUT2D eigenvalue weighted by atomic mass is 16.5. The van der Waals surface area contributed by atoms with E-state index in [2.05, 4.69) is 28.1 Å². The lowest BCUT2D eigenvalue weighted by molar-refractivity contribution is 0.166. The molecule has 1 aromatic rings. The molecular weight excluding hydrogens is 230 g/mol. The van der Waals surface area contributed by atoms with Gasteiger partial charge in [-0.3, -0.25) is 9.67 Å². The number of guanidine groups is 1. The molecule has 1 aromatic heterocycles. The van der Waals surface area contributed by atoms with Gasteiger partial charge in [0, 0.05) is 32.0 Å². The Labute approximate surface area is 107 Å². The van der Waals surface area contributed by atoms with E-state index in [4.69, 9.17) is 10.5 Å². The summed E-state index contributed by atoms with van der Waals surface area (Å²) in [5.74, 6) is 0.597. The van der Waals surface area contributed by atoms with Gasteiger partial charge in [-0.1, -0.05) is 6.92 Å². The third-order valence-electron chi connectivity index (χ3n) is 3.12. The molecule has 0 spiro atoms. The van der Waals surface area contributed by atoms with Crippen molar-refractivity contribution in [3.8, 4) is 0 Å². The first-order valence-electron chi connectivity index (χ1n) is 6.34. The smallest absolute Gasteiger partial charge is 0.192 e. The third kappa shape index (κ3) is 2.64. The van der Waals surface area contributed by atoms with Crippen molar-refractivity contribution in [1.29, 1.82) is 0 Å². The highest BCUT2D eigenvalue weighted by Crippen LogP contribution is 2.24. The van der Waals surface area contributed by atoms with E-state index >= 15 is 0 Å². The van der Waals surface area contributed by atoms with Gasteiger partial charge in [-0.15, -0.1) is 0 Å². The maximum atomic E-state index is 5.91. The van der Waals surface area contributed by atoms with Gasteiger partial charge in [-0.2, -0.15) is 5.10 Å². The van der Waals surface area contributed by atoms with E-state index in [9.17, 15) is 0 Å². The van der Waals surface area contributed by atoms with Gasteiger partial charge in [0.25, 0.3) is 0 Å². The van der Waals surface area contributed by atoms with Gasteiger partial charge in [-0.25, -0.2) is 0 Å². The zero-order valence-corrected chi connectivity index (χ0v) is 11.0. The van der Waals surface area contributed by atoms with Gasteiger partial charge in [0.05, 0.1) is 25.4 Å². The summed E-state index contributed by atoms with van der Waals surface area (Å²) < 4.78 is 7.08. The molecular formula is C12H21N5O. The van der Waals surface area contributed by atoms with Crippen LogP contribution in [0.1, 0.15) is 24.9 Å². The van der Waals surface area contributed by atoms with Crippen LogP contribution in [0, 0.1) is 0 Å². The lowest BCUT2D eigenvalue weighted by Crippen LogP contribution is -2.38. The molecule has 0 saturated carbocycles. The van der Waals surface area contributed by atoms with Crippen molar-refractivity contribution in [2.24, 2.45) is 10.7 Å². The zero-order valence-electron chi connectivity index (χ0n) is 11.0. The Morgan fingerprint density at radius 1 is 1.50 bits per heavy atom. The Bertz CT molecular complexity index is 414. The van der Waals surface area contributed by atoms with Gasteiger partial charge in [0.1, 0.15) is 0 Å². The number of aromatic nitrogens is 2. The topological polar surface area (TPSA) is 68.7 Å². The molecule has 0 aromatic carbocycles. The maximum absolute atomic E-state index is 5.91. The minimum Gasteiger partial charge on any atom is -0.383 e. The molecule has 0 saturated heterocycles. The predicted octanol–water partition coefficient (Wildman–Crippen LogP) is 0.611. The number of nitrogens with two attached hydrogens (primary N) is 1. The van der Waals surface area contributed by atoms with Crippen molar-refractivity contribution in [3.05, 3.63) is 18.0 Å². The van der Waals surface area contributed by atoms with Crippen LogP contribution in [0.4, 0.5) is 0 Å². The maximum Gasteiger partial charge on any atom is 0.192 e. The number of methoxy groups -OCH3 is 1. The summed E-state index contributed by atoms with van der Waals surface area (Å²) in [6.07, 6.45) is 5.08. The molecule has 1 aliphatic rings. The monoisotopic (exact) mass is 251 g/mol. The molecule has 0 amide bonds. The first-order chi connectivity index (χ1) is 8.76. The fraction of sp³-hybridized carbons (Fsp3) is 0.667. The van der Waals surface area contributed by atoms with Crippen LogP contribution in [0.5, 0.6) is 0 Å². The van der Waals surface area contributed by atoms with Crippen molar-refractivity contribution < 1.29 is 4.74 Å². The van der Waals surface area contributed by atoms with E-state index in [0.717, 1.165) is 19.5 Å². The Balaban J connectivity index is 2.06. The SMILES string of the molecule is CCCn1cc(C2CN=C(N)N2CCOC)cn1. The molecule has 0 bridgehead atoms. The summed E-state index contributed by atoms with van der Waals surface area (Å²) in [6.45, 7) is 5.20. The van der Waals surface area contributed by atoms with Crippen LogP contribution in [-0.2, 0) is 11.3 Å². The second-order valence-electron chi connectivity index (χ2n) is 4.44. The standard InChI is InChI=1S/C12H21N5O/c1-3-4-16-9-10(7-15-16)11-8-14-12(13)17(11)5-6-18-2/h7,9,11H,3-6,8H2,1-2H3,(H2,13,14). The second-order valence-corrected chi connectivity index (χ2v) is 4.44. The summed E-state index contributed by atoms with van der Waals surface area (Å²) in [7, 11) is 1.69. The Morgan fingerprint density at radius 2 is 2.33 bits per heavy atom. The summed E-state index contributed by atoms with van der Waals surface area (Å²) in [6, 6.07) is 0.200. The van der Waals surface area contributed by atoms with E-state index < -0.39 is 0 Å². The van der Waals surface area contributed by atoms with E-state index in [1.54, 1.807) is 7.11 Å². The molecule has 2 N–H and O–H groups in total. The predicted molar refractivity (Wildman–Crippen MR) is 70.3 cm³/mol. The van der Waals surface area contributed by atoms with Crippen LogP contribution < -0.4 is 5.73 Å². The molecule has 6 heteroatoms. The van der Waals surface area contributed by atoms with Crippen LogP contribution in [0.15, 0.2) is 17.4 Å². The first-order valence-corrected chi connectivity index (χ1v) is 6.34. The van der Waals surface area contributed by atoms with Crippen LogP contribution in [-0.4, -0.2) is 47.4 Å². The molecule has 2 rings (SSSR count). The molecule has 0 radical (unpaired) electrons. The van der Waals surface area contributed by atoms with E-state index in [0.29, 0.717) is 19.1 Å². The van der Waals surface area contributed by atoms with E-state index in [-0.39, 0.29) is 6.04 Å². The molecule has 2 heterocycles. The number of hydrogen-bond acceptors (Lipinski definition) is 5. The molecule has 0 fully saturated rings. The zero-order chi connectivity index (χ0) is 13.0. The van der Waals surface area contributed by atoms with Gasteiger partial charge in [0.15, 0.2) is 5.96 Å². The minimum atomic E-state index is 0.200. The number of nitrogens with zero attached hydrogens (tertiary/aromatic N) is 4. The summed E-state index contributed by atoms with van der Waals surface area (Å²) in [4.78, 5) is 6.39. The van der Waals surface area contributed by atoms with Gasteiger partial charge in [-0.05, 0) is 6.42 Å². The van der Waals surface area contributed by atoms with Crippen LogP contribution in [0.2, 0.25) is 0 Å². The number of aryl methyl sites for hydroxylation is 1. The fourth-order valence-corrected chi connectivity index (χ4v) is 2.18. The minimum absolute atomic E-state index is 0.200. The number of ether oxygens (including phenoxy) is 1. The molecule has 6 nitrogen and oxygen atoms in total.